The molecule has 0 saturated carbocycles. The van der Waals surface area contributed by atoms with Crippen molar-refractivity contribution in [2.24, 2.45) is 5.92 Å². The molecule has 0 bridgehead atoms. The molecule has 0 spiro atoms. The number of ether oxygens (including phenoxy) is 2. The van der Waals surface area contributed by atoms with Crippen LogP contribution in [0, 0.1) is 12.8 Å². The van der Waals surface area contributed by atoms with E-state index in [4.69, 9.17) is 9.47 Å². The van der Waals surface area contributed by atoms with E-state index >= 15 is 0 Å². The fourth-order valence-electron chi connectivity index (χ4n) is 5.03. The molecule has 1 fully saturated rings. The van der Waals surface area contributed by atoms with Crippen LogP contribution in [0.15, 0.2) is 11.6 Å². The summed E-state index contributed by atoms with van der Waals surface area (Å²) >= 11 is 0. The molecule has 0 radical (unpaired) electrons. The number of methoxy groups -OCH3 is 1. The van der Waals surface area contributed by atoms with Gasteiger partial charge in [0.15, 0.2) is 0 Å². The first kappa shape index (κ1) is 29.4. The molecule has 0 aliphatic carbocycles. The normalized spacial score (nSPS) is 16.8. The number of carboxylic acids is 1. The Kier molecular flexibility index (Phi) is 9.42. The Hall–Kier alpha value is -3.12. The standard InChI is InChI=1S/C26H34F3N3O6/c1-5-32(25(36)26(27,28)29)21-18(22(37-4)16(3)19-13-38-24(35)20(19)21)7-6-15(2)12-17(23(33)34)8-10-31-11-9-30-14-31/h6,17,30H,5,7-14H2,1-4H3,(H,33,34)/b15-6+. The van der Waals surface area contributed by atoms with Gasteiger partial charge < -0.3 is 24.8 Å². The first-order valence-corrected chi connectivity index (χ1v) is 12.5. The van der Waals surface area contributed by atoms with Crippen LogP contribution in [-0.4, -0.2) is 74.0 Å². The second-order valence-electron chi connectivity index (χ2n) is 9.52. The highest BCUT2D eigenvalue weighted by molar-refractivity contribution is 6.08. The number of nitrogens with zero attached hydrogens (tertiary/aromatic N) is 2. The van der Waals surface area contributed by atoms with Crippen LogP contribution in [0.3, 0.4) is 0 Å². The molecular formula is C26H34F3N3O6. The monoisotopic (exact) mass is 541 g/mol. The van der Waals surface area contributed by atoms with E-state index < -0.39 is 29.9 Å². The molecule has 1 aromatic carbocycles. The van der Waals surface area contributed by atoms with Gasteiger partial charge in [0, 0.05) is 44.0 Å². The van der Waals surface area contributed by atoms with Crippen LogP contribution in [0.4, 0.5) is 18.9 Å². The number of aliphatic carboxylic acids is 1. The van der Waals surface area contributed by atoms with Crippen LogP contribution in [0.2, 0.25) is 0 Å². The number of carbonyl (C=O) groups is 3. The van der Waals surface area contributed by atoms with Gasteiger partial charge in [0.1, 0.15) is 12.4 Å². The van der Waals surface area contributed by atoms with Crippen molar-refractivity contribution in [3.05, 3.63) is 33.9 Å². The number of carbonyl (C=O) groups excluding carboxylic acids is 2. The summed E-state index contributed by atoms with van der Waals surface area (Å²) in [4.78, 5) is 39.6. The van der Waals surface area contributed by atoms with Crippen molar-refractivity contribution in [2.45, 2.75) is 52.8 Å². The fraction of sp³-hybridized carbons (Fsp3) is 0.577. The minimum atomic E-state index is -5.16. The molecule has 210 valence electrons. The van der Waals surface area contributed by atoms with E-state index in [-0.39, 0.29) is 48.6 Å². The topological polar surface area (TPSA) is 108 Å². The molecule has 2 aliphatic rings. The Morgan fingerprint density at radius 1 is 1.34 bits per heavy atom. The molecule has 1 unspecified atom stereocenters. The van der Waals surface area contributed by atoms with E-state index in [1.54, 1.807) is 19.9 Å². The van der Waals surface area contributed by atoms with Gasteiger partial charge in [-0.15, -0.1) is 0 Å². The second kappa shape index (κ2) is 12.2. The van der Waals surface area contributed by atoms with Gasteiger partial charge in [0.25, 0.3) is 0 Å². The number of anilines is 1. The zero-order chi connectivity index (χ0) is 28.2. The van der Waals surface area contributed by atoms with Crippen molar-refractivity contribution in [2.75, 3.05) is 44.9 Å². The molecule has 1 aromatic rings. The van der Waals surface area contributed by atoms with E-state index in [1.165, 1.54) is 14.0 Å². The molecule has 3 rings (SSSR count). The number of alkyl halides is 3. The van der Waals surface area contributed by atoms with Crippen molar-refractivity contribution < 1.29 is 42.1 Å². The molecule has 2 aliphatic heterocycles. The summed E-state index contributed by atoms with van der Waals surface area (Å²) in [7, 11) is 1.37. The van der Waals surface area contributed by atoms with E-state index in [1.807, 2.05) is 0 Å². The van der Waals surface area contributed by atoms with Crippen molar-refractivity contribution in [3.63, 3.8) is 0 Å². The van der Waals surface area contributed by atoms with E-state index in [0.717, 1.165) is 18.7 Å². The predicted molar refractivity (Wildman–Crippen MR) is 133 cm³/mol. The third kappa shape index (κ3) is 6.29. The molecule has 2 heterocycles. The van der Waals surface area contributed by atoms with Crippen LogP contribution in [0.25, 0.3) is 0 Å². The predicted octanol–water partition coefficient (Wildman–Crippen LogP) is 3.42. The lowest BCUT2D eigenvalue weighted by Gasteiger charge is -2.28. The lowest BCUT2D eigenvalue weighted by atomic mass is 9.91. The van der Waals surface area contributed by atoms with Crippen molar-refractivity contribution in [3.8, 4) is 5.75 Å². The Labute approximate surface area is 219 Å². The number of cyclic esters (lactones) is 1. The number of benzene rings is 1. The van der Waals surface area contributed by atoms with Crippen LogP contribution in [-0.2, 0) is 27.4 Å². The first-order valence-electron chi connectivity index (χ1n) is 12.5. The molecule has 1 amide bonds. The van der Waals surface area contributed by atoms with Gasteiger partial charge in [-0.25, -0.2) is 4.79 Å². The summed E-state index contributed by atoms with van der Waals surface area (Å²) < 4.78 is 51.2. The van der Waals surface area contributed by atoms with Crippen molar-refractivity contribution in [1.29, 1.82) is 0 Å². The second-order valence-corrected chi connectivity index (χ2v) is 9.52. The average molecular weight is 542 g/mol. The van der Waals surface area contributed by atoms with Gasteiger partial charge in [-0.3, -0.25) is 14.5 Å². The molecule has 12 heteroatoms. The molecule has 2 N–H and O–H groups in total. The highest BCUT2D eigenvalue weighted by Crippen LogP contribution is 2.44. The largest absolute Gasteiger partial charge is 0.496 e. The number of carboxylic acid groups (broad SMARTS) is 1. The summed E-state index contributed by atoms with van der Waals surface area (Å²) in [5.41, 5.74) is 1.60. The number of fused-ring (bicyclic) bond motifs is 1. The van der Waals surface area contributed by atoms with Crippen LogP contribution < -0.4 is 15.0 Å². The first-order chi connectivity index (χ1) is 17.9. The lowest BCUT2D eigenvalue weighted by Crippen LogP contribution is -2.42. The number of halogens is 3. The lowest BCUT2D eigenvalue weighted by molar-refractivity contribution is -0.170. The number of hydrogen-bond acceptors (Lipinski definition) is 7. The van der Waals surface area contributed by atoms with Gasteiger partial charge >= 0.3 is 24.0 Å². The zero-order valence-electron chi connectivity index (χ0n) is 22.0. The number of hydrogen-bond donors (Lipinski definition) is 2. The summed E-state index contributed by atoms with van der Waals surface area (Å²) in [6, 6.07) is 0. The van der Waals surface area contributed by atoms with Gasteiger partial charge in [-0.2, -0.15) is 13.2 Å². The van der Waals surface area contributed by atoms with E-state index in [2.05, 4.69) is 10.2 Å². The summed E-state index contributed by atoms with van der Waals surface area (Å²) in [6.45, 7) is 7.41. The number of esters is 1. The van der Waals surface area contributed by atoms with Crippen LogP contribution in [0.1, 0.15) is 53.7 Å². The van der Waals surface area contributed by atoms with Gasteiger partial charge in [0.2, 0.25) is 0 Å². The average Bonchev–Trinajstić information content (AvgIpc) is 3.51. The van der Waals surface area contributed by atoms with Crippen LogP contribution >= 0.6 is 0 Å². The summed E-state index contributed by atoms with van der Waals surface area (Å²) in [5, 5.41) is 12.9. The highest BCUT2D eigenvalue weighted by atomic mass is 19.4. The Morgan fingerprint density at radius 3 is 2.61 bits per heavy atom. The molecule has 38 heavy (non-hydrogen) atoms. The maximum atomic E-state index is 13.5. The van der Waals surface area contributed by atoms with Gasteiger partial charge in [0.05, 0.1) is 24.3 Å². The minimum Gasteiger partial charge on any atom is -0.496 e. The summed E-state index contributed by atoms with van der Waals surface area (Å²) in [6.07, 6.45) is -2.72. The molecule has 9 nitrogen and oxygen atoms in total. The number of allylic oxidation sites excluding steroid dienone is 2. The Bertz CT molecular complexity index is 1110. The highest BCUT2D eigenvalue weighted by Gasteiger charge is 2.45. The maximum absolute atomic E-state index is 13.5. The van der Waals surface area contributed by atoms with Crippen molar-refractivity contribution in [1.82, 2.24) is 10.2 Å². The molecule has 1 saturated heterocycles. The van der Waals surface area contributed by atoms with Crippen LogP contribution in [0.5, 0.6) is 5.75 Å². The van der Waals surface area contributed by atoms with Gasteiger partial charge in [-0.1, -0.05) is 11.6 Å². The smallest absolute Gasteiger partial charge is 0.471 e. The molecular weight excluding hydrogens is 507 g/mol. The number of amides is 1. The Balaban J connectivity index is 1.99. The van der Waals surface area contributed by atoms with Crippen molar-refractivity contribution >= 4 is 23.5 Å². The Morgan fingerprint density at radius 2 is 2.05 bits per heavy atom. The van der Waals surface area contributed by atoms with E-state index in [9.17, 15) is 32.7 Å². The van der Waals surface area contributed by atoms with Gasteiger partial charge in [-0.05, 0) is 45.6 Å². The quantitative estimate of drug-likeness (QED) is 0.324. The minimum absolute atomic E-state index is 0.0236. The number of rotatable bonds is 11. The SMILES string of the molecule is CCN(C(=O)C(F)(F)F)c1c(C/C=C(\C)CC(CCN2CCNC2)C(=O)O)c(OC)c(C)c2c1C(=O)OC2. The third-order valence-corrected chi connectivity index (χ3v) is 7.03. The number of nitrogens with one attached hydrogen (secondary N) is 1. The molecule has 1 atom stereocenters. The van der Waals surface area contributed by atoms with E-state index in [0.29, 0.717) is 35.7 Å². The summed E-state index contributed by atoms with van der Waals surface area (Å²) in [5.74, 6) is -4.21. The fourth-order valence-corrected chi connectivity index (χ4v) is 5.03. The zero-order valence-corrected chi connectivity index (χ0v) is 22.0. The molecule has 0 aromatic heterocycles. The maximum Gasteiger partial charge on any atom is 0.471 e. The third-order valence-electron chi connectivity index (χ3n) is 7.03.